The molecule has 1 N–H and O–H groups in total. The molecule has 0 bridgehead atoms. The van der Waals surface area contributed by atoms with E-state index in [9.17, 15) is 0 Å². The molecule has 106 valence electrons. The van der Waals surface area contributed by atoms with Gasteiger partial charge in [-0.3, -0.25) is 9.97 Å². The number of hydrogen-bond acceptors (Lipinski definition) is 3. The Hall–Kier alpha value is -1.74. The van der Waals surface area contributed by atoms with Crippen LogP contribution >= 0.6 is 0 Å². The van der Waals surface area contributed by atoms with Crippen molar-refractivity contribution in [2.45, 2.75) is 46.2 Å². The Bertz CT molecular complexity index is 529. The lowest BCUT2D eigenvalue weighted by Gasteiger charge is -2.15. The third kappa shape index (κ3) is 3.87. The van der Waals surface area contributed by atoms with E-state index in [1.54, 1.807) is 6.20 Å². The van der Waals surface area contributed by atoms with Crippen molar-refractivity contribution in [1.29, 1.82) is 0 Å². The molecule has 0 aliphatic heterocycles. The molecule has 3 heteroatoms. The van der Waals surface area contributed by atoms with Crippen LogP contribution in [0.1, 0.15) is 55.2 Å². The summed E-state index contributed by atoms with van der Waals surface area (Å²) in [4.78, 5) is 8.61. The van der Waals surface area contributed by atoms with Gasteiger partial charge in [0.1, 0.15) is 0 Å². The quantitative estimate of drug-likeness (QED) is 0.898. The van der Waals surface area contributed by atoms with E-state index in [4.69, 9.17) is 0 Å². The Balaban J connectivity index is 1.94. The number of aromatic nitrogens is 2. The van der Waals surface area contributed by atoms with Gasteiger partial charge >= 0.3 is 0 Å². The molecular weight excluding hydrogens is 246 g/mol. The molecule has 0 aliphatic rings. The molecule has 1 aromatic carbocycles. The van der Waals surface area contributed by atoms with Crippen molar-refractivity contribution in [2.75, 3.05) is 0 Å². The number of benzene rings is 1. The number of aryl methyl sites for hydroxylation is 1. The molecule has 3 nitrogen and oxygen atoms in total. The zero-order valence-corrected chi connectivity index (χ0v) is 12.7. The van der Waals surface area contributed by atoms with Gasteiger partial charge in [-0.2, -0.15) is 0 Å². The van der Waals surface area contributed by atoms with Gasteiger partial charge in [-0.1, -0.05) is 38.1 Å². The van der Waals surface area contributed by atoms with E-state index in [1.165, 1.54) is 11.1 Å². The van der Waals surface area contributed by atoms with Gasteiger partial charge < -0.3 is 5.32 Å². The fourth-order valence-electron chi connectivity index (χ4n) is 2.06. The molecule has 0 aliphatic carbocycles. The molecule has 0 saturated heterocycles. The number of nitrogens with one attached hydrogen (secondary N) is 1. The number of hydrogen-bond donors (Lipinski definition) is 1. The molecule has 0 amide bonds. The van der Waals surface area contributed by atoms with Gasteiger partial charge in [0.2, 0.25) is 0 Å². The minimum Gasteiger partial charge on any atom is -0.305 e. The van der Waals surface area contributed by atoms with Crippen molar-refractivity contribution in [2.24, 2.45) is 0 Å². The molecule has 20 heavy (non-hydrogen) atoms. The van der Waals surface area contributed by atoms with E-state index in [0.717, 1.165) is 17.9 Å². The minimum absolute atomic E-state index is 0.305. The summed E-state index contributed by atoms with van der Waals surface area (Å²) in [6, 6.07) is 9.13. The lowest BCUT2D eigenvalue weighted by atomic mass is 9.99. The van der Waals surface area contributed by atoms with Gasteiger partial charge in [-0.25, -0.2) is 0 Å². The second-order valence-electron chi connectivity index (χ2n) is 5.57. The summed E-state index contributed by atoms with van der Waals surface area (Å²) in [5, 5.41) is 3.48. The van der Waals surface area contributed by atoms with Crippen molar-refractivity contribution < 1.29 is 0 Å². The van der Waals surface area contributed by atoms with Crippen molar-refractivity contribution in [1.82, 2.24) is 15.3 Å². The van der Waals surface area contributed by atoms with Gasteiger partial charge in [0.15, 0.2) is 0 Å². The molecule has 0 fully saturated rings. The standard InChI is InChI=1S/C17H23N3/c1-12(2)15-5-7-16(8-6-15)14(4)19-11-17-10-18-13(3)9-20-17/h5-10,12,14,19H,11H2,1-4H3. The highest BCUT2D eigenvalue weighted by atomic mass is 14.9. The van der Waals surface area contributed by atoms with Gasteiger partial charge in [-0.05, 0) is 30.9 Å². The summed E-state index contributed by atoms with van der Waals surface area (Å²) in [7, 11) is 0. The predicted molar refractivity (Wildman–Crippen MR) is 82.6 cm³/mol. The molecule has 0 spiro atoms. The van der Waals surface area contributed by atoms with Gasteiger partial charge in [0.05, 0.1) is 11.4 Å². The van der Waals surface area contributed by atoms with Crippen LogP contribution in [0.15, 0.2) is 36.7 Å². The molecule has 1 aromatic heterocycles. The summed E-state index contributed by atoms with van der Waals surface area (Å²) in [5.41, 5.74) is 4.60. The Kier molecular flexibility index (Phi) is 4.85. The Morgan fingerprint density at radius 1 is 0.950 bits per heavy atom. The first-order chi connectivity index (χ1) is 9.56. The summed E-state index contributed by atoms with van der Waals surface area (Å²) >= 11 is 0. The molecule has 0 radical (unpaired) electrons. The Morgan fingerprint density at radius 2 is 1.60 bits per heavy atom. The second kappa shape index (κ2) is 6.62. The summed E-state index contributed by atoms with van der Waals surface area (Å²) in [6.07, 6.45) is 3.63. The summed E-state index contributed by atoms with van der Waals surface area (Å²) in [5.74, 6) is 0.579. The van der Waals surface area contributed by atoms with Crippen LogP contribution in [0, 0.1) is 6.92 Å². The van der Waals surface area contributed by atoms with Crippen LogP contribution in [-0.2, 0) is 6.54 Å². The SMILES string of the molecule is Cc1cnc(CNC(C)c2ccc(C(C)C)cc2)cn1. The average molecular weight is 269 g/mol. The van der Waals surface area contributed by atoms with Crippen LogP contribution in [0.5, 0.6) is 0 Å². The molecular formula is C17H23N3. The monoisotopic (exact) mass is 269 g/mol. The maximum absolute atomic E-state index is 4.36. The predicted octanol–water partition coefficient (Wildman–Crippen LogP) is 3.76. The van der Waals surface area contributed by atoms with E-state index in [0.29, 0.717) is 12.0 Å². The summed E-state index contributed by atoms with van der Waals surface area (Å²) < 4.78 is 0. The van der Waals surface area contributed by atoms with E-state index >= 15 is 0 Å². The van der Waals surface area contributed by atoms with Crippen LogP contribution < -0.4 is 5.32 Å². The zero-order chi connectivity index (χ0) is 14.5. The first-order valence-electron chi connectivity index (χ1n) is 7.17. The van der Waals surface area contributed by atoms with Crippen molar-refractivity contribution in [3.05, 3.63) is 59.2 Å². The lowest BCUT2D eigenvalue weighted by Crippen LogP contribution is -2.19. The third-order valence-corrected chi connectivity index (χ3v) is 3.53. The maximum Gasteiger partial charge on any atom is 0.0724 e. The van der Waals surface area contributed by atoms with Crippen LogP contribution in [0.25, 0.3) is 0 Å². The third-order valence-electron chi connectivity index (χ3n) is 3.53. The van der Waals surface area contributed by atoms with Crippen molar-refractivity contribution in [3.8, 4) is 0 Å². The van der Waals surface area contributed by atoms with E-state index < -0.39 is 0 Å². The molecule has 0 saturated carbocycles. The van der Waals surface area contributed by atoms with Crippen molar-refractivity contribution in [3.63, 3.8) is 0 Å². The second-order valence-corrected chi connectivity index (χ2v) is 5.57. The van der Waals surface area contributed by atoms with E-state index in [-0.39, 0.29) is 0 Å². The van der Waals surface area contributed by atoms with Crippen LogP contribution in [0.3, 0.4) is 0 Å². The molecule has 1 atom stereocenters. The number of rotatable bonds is 5. The highest BCUT2D eigenvalue weighted by Crippen LogP contribution is 2.18. The average Bonchev–Trinajstić information content (AvgIpc) is 2.46. The Morgan fingerprint density at radius 3 is 2.15 bits per heavy atom. The fourth-order valence-corrected chi connectivity index (χ4v) is 2.06. The highest BCUT2D eigenvalue weighted by Gasteiger charge is 2.06. The molecule has 1 unspecified atom stereocenters. The fraction of sp³-hybridized carbons (Fsp3) is 0.412. The first kappa shape index (κ1) is 14.7. The minimum atomic E-state index is 0.305. The first-order valence-corrected chi connectivity index (χ1v) is 7.17. The van der Waals surface area contributed by atoms with Crippen LogP contribution in [0.2, 0.25) is 0 Å². The lowest BCUT2D eigenvalue weighted by molar-refractivity contribution is 0.566. The topological polar surface area (TPSA) is 37.8 Å². The molecule has 1 heterocycles. The summed E-state index contributed by atoms with van der Waals surface area (Å²) in [6.45, 7) is 9.29. The van der Waals surface area contributed by atoms with E-state index in [2.05, 4.69) is 60.3 Å². The zero-order valence-electron chi connectivity index (χ0n) is 12.7. The normalized spacial score (nSPS) is 12.7. The highest BCUT2D eigenvalue weighted by molar-refractivity contribution is 5.26. The van der Waals surface area contributed by atoms with Crippen LogP contribution in [0.4, 0.5) is 0 Å². The largest absolute Gasteiger partial charge is 0.305 e. The van der Waals surface area contributed by atoms with Gasteiger partial charge in [-0.15, -0.1) is 0 Å². The van der Waals surface area contributed by atoms with E-state index in [1.807, 2.05) is 13.1 Å². The maximum atomic E-state index is 4.36. The van der Waals surface area contributed by atoms with Gasteiger partial charge in [0.25, 0.3) is 0 Å². The smallest absolute Gasteiger partial charge is 0.0724 e. The molecule has 2 aromatic rings. The van der Waals surface area contributed by atoms with Crippen molar-refractivity contribution >= 4 is 0 Å². The van der Waals surface area contributed by atoms with Gasteiger partial charge in [0, 0.05) is 25.0 Å². The number of nitrogens with zero attached hydrogens (tertiary/aromatic N) is 2. The molecule has 2 rings (SSSR count). The van der Waals surface area contributed by atoms with Crippen LogP contribution in [-0.4, -0.2) is 9.97 Å². The Labute approximate surface area is 121 Å².